The van der Waals surface area contributed by atoms with E-state index in [1.165, 1.54) is 9.75 Å². The molecule has 31 heavy (non-hydrogen) atoms. The minimum Gasteiger partial charge on any atom is -0.493 e. The minimum atomic E-state index is 0.648. The Bertz CT molecular complexity index is 1390. The molecule has 4 aromatic heterocycles. The highest BCUT2D eigenvalue weighted by Gasteiger charge is 2.13. The Hall–Kier alpha value is -3.65. The molecule has 0 aliphatic heterocycles. The second kappa shape index (κ2) is 7.88. The van der Waals surface area contributed by atoms with Gasteiger partial charge in [0.05, 0.1) is 26.3 Å². The number of rotatable bonds is 6. The van der Waals surface area contributed by atoms with E-state index in [4.69, 9.17) is 9.47 Å². The summed E-state index contributed by atoms with van der Waals surface area (Å²) in [6.07, 6.45) is 3.81. The molecule has 0 spiro atoms. The van der Waals surface area contributed by atoms with E-state index in [9.17, 15) is 0 Å². The van der Waals surface area contributed by atoms with E-state index in [0.717, 1.165) is 33.3 Å². The molecule has 5 aromatic rings. The summed E-state index contributed by atoms with van der Waals surface area (Å²) >= 11 is 1.74. The summed E-state index contributed by atoms with van der Waals surface area (Å²) in [5.41, 5.74) is 2.83. The molecule has 0 atom stereocenters. The number of aromatic amines is 1. The molecule has 2 N–H and O–H groups in total. The fraction of sp³-hybridized carbons (Fsp3) is 0.174. The first-order valence-corrected chi connectivity index (χ1v) is 10.6. The normalized spacial score (nSPS) is 11.2. The number of hydrogen-bond donors (Lipinski definition) is 2. The number of hydrogen-bond acceptors (Lipinski definition) is 7. The number of pyridine rings is 1. The van der Waals surface area contributed by atoms with Crippen LogP contribution in [0.25, 0.3) is 32.4 Å². The van der Waals surface area contributed by atoms with Gasteiger partial charge in [-0.2, -0.15) is 0 Å². The second-order valence-electron chi connectivity index (χ2n) is 7.10. The van der Waals surface area contributed by atoms with Gasteiger partial charge in [0.1, 0.15) is 17.3 Å². The number of thiophene rings is 1. The SMILES string of the molecule is COc1cc2nc(C)nc(NCc3ccc(-c4cnc5[nH]ccc5c4)s3)c2cc1OC. The predicted octanol–water partition coefficient (Wildman–Crippen LogP) is 5.17. The Kier molecular flexibility index (Phi) is 4.91. The summed E-state index contributed by atoms with van der Waals surface area (Å²) in [6.45, 7) is 2.54. The first kappa shape index (κ1) is 19.3. The number of anilines is 1. The van der Waals surface area contributed by atoms with E-state index in [0.29, 0.717) is 23.9 Å². The van der Waals surface area contributed by atoms with Crippen LogP contribution in [0.5, 0.6) is 11.5 Å². The summed E-state index contributed by atoms with van der Waals surface area (Å²) in [5, 5.41) is 5.47. The molecule has 0 saturated heterocycles. The molecule has 0 aliphatic carbocycles. The molecule has 0 fully saturated rings. The molecular weight excluding hydrogens is 410 g/mol. The molecular formula is C23H21N5O2S. The van der Waals surface area contributed by atoms with Crippen molar-refractivity contribution in [2.75, 3.05) is 19.5 Å². The molecule has 0 radical (unpaired) electrons. The van der Waals surface area contributed by atoms with Crippen molar-refractivity contribution in [3.8, 4) is 21.9 Å². The van der Waals surface area contributed by atoms with Crippen LogP contribution >= 0.6 is 11.3 Å². The van der Waals surface area contributed by atoms with Crippen LogP contribution < -0.4 is 14.8 Å². The van der Waals surface area contributed by atoms with Gasteiger partial charge in [-0.05, 0) is 37.3 Å². The van der Waals surface area contributed by atoms with Gasteiger partial charge >= 0.3 is 0 Å². The maximum atomic E-state index is 5.45. The molecule has 0 unspecified atom stereocenters. The van der Waals surface area contributed by atoms with Crippen molar-refractivity contribution in [1.29, 1.82) is 0 Å². The molecule has 0 aliphatic rings. The Morgan fingerprint density at radius 3 is 2.71 bits per heavy atom. The number of ether oxygens (including phenoxy) is 2. The molecule has 8 heteroatoms. The standard InChI is InChI=1S/C23H21N5O2S/c1-13-27-18-10-20(30-3)19(29-2)9-17(18)23(28-13)26-12-16-4-5-21(31-16)15-8-14-6-7-24-22(14)25-11-15/h4-11H,12H2,1-3H3,(H,24,25)(H,26,27,28). The van der Waals surface area contributed by atoms with Gasteiger partial charge in [0.25, 0.3) is 0 Å². The number of nitrogens with one attached hydrogen (secondary N) is 2. The zero-order valence-electron chi connectivity index (χ0n) is 17.4. The predicted molar refractivity (Wildman–Crippen MR) is 124 cm³/mol. The van der Waals surface area contributed by atoms with Gasteiger partial charge in [-0.1, -0.05) is 0 Å². The second-order valence-corrected chi connectivity index (χ2v) is 8.27. The number of nitrogens with zero attached hydrogens (tertiary/aromatic N) is 3. The van der Waals surface area contributed by atoms with Crippen molar-refractivity contribution in [1.82, 2.24) is 19.9 Å². The number of fused-ring (bicyclic) bond motifs is 2. The first-order valence-electron chi connectivity index (χ1n) is 9.81. The highest BCUT2D eigenvalue weighted by Crippen LogP contribution is 2.35. The lowest BCUT2D eigenvalue weighted by molar-refractivity contribution is 0.356. The van der Waals surface area contributed by atoms with Gasteiger partial charge in [0, 0.05) is 44.6 Å². The van der Waals surface area contributed by atoms with E-state index in [1.54, 1.807) is 25.6 Å². The van der Waals surface area contributed by atoms with E-state index >= 15 is 0 Å². The number of aryl methyl sites for hydroxylation is 1. The largest absolute Gasteiger partial charge is 0.493 e. The summed E-state index contributed by atoms with van der Waals surface area (Å²) in [5.74, 6) is 2.76. The molecule has 5 rings (SSSR count). The number of H-pyrrole nitrogens is 1. The van der Waals surface area contributed by atoms with E-state index in [2.05, 4.69) is 43.5 Å². The third-order valence-electron chi connectivity index (χ3n) is 5.09. The fourth-order valence-electron chi connectivity index (χ4n) is 3.58. The van der Waals surface area contributed by atoms with Crippen LogP contribution in [-0.4, -0.2) is 34.2 Å². The number of methoxy groups -OCH3 is 2. The average molecular weight is 432 g/mol. The zero-order chi connectivity index (χ0) is 21.4. The van der Waals surface area contributed by atoms with Crippen molar-refractivity contribution in [3.05, 3.63) is 59.5 Å². The Morgan fingerprint density at radius 1 is 1.03 bits per heavy atom. The summed E-state index contributed by atoms with van der Waals surface area (Å²) in [6, 6.07) is 12.2. The lowest BCUT2D eigenvalue weighted by Crippen LogP contribution is -2.04. The summed E-state index contributed by atoms with van der Waals surface area (Å²) in [4.78, 5) is 19.2. The lowest BCUT2D eigenvalue weighted by Gasteiger charge is -2.12. The molecule has 0 amide bonds. The summed E-state index contributed by atoms with van der Waals surface area (Å²) < 4.78 is 10.9. The van der Waals surface area contributed by atoms with Gasteiger partial charge in [0.15, 0.2) is 11.5 Å². The van der Waals surface area contributed by atoms with Crippen molar-refractivity contribution in [2.45, 2.75) is 13.5 Å². The molecule has 0 bridgehead atoms. The molecule has 0 saturated carbocycles. The third kappa shape index (κ3) is 3.66. The van der Waals surface area contributed by atoms with Gasteiger partial charge in [-0.15, -0.1) is 11.3 Å². The summed E-state index contributed by atoms with van der Waals surface area (Å²) in [7, 11) is 3.24. The zero-order valence-corrected chi connectivity index (χ0v) is 18.2. The quantitative estimate of drug-likeness (QED) is 0.386. The van der Waals surface area contributed by atoms with Crippen molar-refractivity contribution in [2.24, 2.45) is 0 Å². The Balaban J connectivity index is 1.42. The van der Waals surface area contributed by atoms with Crippen LogP contribution in [0.3, 0.4) is 0 Å². The maximum absolute atomic E-state index is 5.45. The van der Waals surface area contributed by atoms with Crippen LogP contribution in [0.1, 0.15) is 10.7 Å². The van der Waals surface area contributed by atoms with E-state index < -0.39 is 0 Å². The van der Waals surface area contributed by atoms with E-state index in [-0.39, 0.29) is 0 Å². The van der Waals surface area contributed by atoms with Gasteiger partial charge in [-0.3, -0.25) is 0 Å². The lowest BCUT2D eigenvalue weighted by atomic mass is 10.2. The van der Waals surface area contributed by atoms with Gasteiger partial charge in [0.2, 0.25) is 0 Å². The van der Waals surface area contributed by atoms with Crippen LogP contribution in [-0.2, 0) is 6.54 Å². The van der Waals surface area contributed by atoms with Crippen LogP contribution in [0, 0.1) is 6.92 Å². The molecule has 1 aromatic carbocycles. The van der Waals surface area contributed by atoms with Crippen LogP contribution in [0.15, 0.2) is 48.8 Å². The number of aromatic nitrogens is 4. The van der Waals surface area contributed by atoms with Crippen molar-refractivity contribution >= 4 is 39.1 Å². The third-order valence-corrected chi connectivity index (χ3v) is 6.22. The first-order chi connectivity index (χ1) is 15.1. The van der Waals surface area contributed by atoms with Crippen molar-refractivity contribution < 1.29 is 9.47 Å². The maximum Gasteiger partial charge on any atom is 0.162 e. The molecule has 4 heterocycles. The fourth-order valence-corrected chi connectivity index (χ4v) is 4.51. The molecule has 156 valence electrons. The minimum absolute atomic E-state index is 0.648. The van der Waals surface area contributed by atoms with Gasteiger partial charge < -0.3 is 19.8 Å². The highest BCUT2D eigenvalue weighted by atomic mass is 32.1. The molecule has 7 nitrogen and oxygen atoms in total. The topological polar surface area (TPSA) is 85.0 Å². The Labute approximate surface area is 183 Å². The van der Waals surface area contributed by atoms with Crippen molar-refractivity contribution in [3.63, 3.8) is 0 Å². The van der Waals surface area contributed by atoms with Crippen LogP contribution in [0.4, 0.5) is 5.82 Å². The van der Waals surface area contributed by atoms with Crippen LogP contribution in [0.2, 0.25) is 0 Å². The van der Waals surface area contributed by atoms with E-state index in [1.807, 2.05) is 37.5 Å². The number of benzene rings is 1. The average Bonchev–Trinajstić information content (AvgIpc) is 3.45. The van der Waals surface area contributed by atoms with Gasteiger partial charge in [-0.25, -0.2) is 15.0 Å². The Morgan fingerprint density at radius 2 is 1.87 bits per heavy atom. The monoisotopic (exact) mass is 431 g/mol. The smallest absolute Gasteiger partial charge is 0.162 e. The highest BCUT2D eigenvalue weighted by molar-refractivity contribution is 7.15.